The molecule has 1 atom stereocenters. The molecule has 0 aromatic heterocycles. The zero-order valence-electron chi connectivity index (χ0n) is 15.6. The average Bonchev–Trinajstić information content (AvgIpc) is 3.38. The third-order valence-electron chi connectivity index (χ3n) is 6.19. The number of halogens is 1. The van der Waals surface area contributed by atoms with E-state index >= 15 is 0 Å². The standard InChI is InChI=1S/C20H23FN2O4S/c21-16-7-14(3-5-17(16)22-9-20(10-22)11-28(26)12-20)23-8-15(27-19(23)25)4-6-18(24)13-1-2-13/h3,5,7,13,15H,1-2,4,6,8-12H2/t15-/m0/s1. The van der Waals surface area contributed by atoms with Gasteiger partial charge in [-0.25, -0.2) is 9.18 Å². The highest BCUT2D eigenvalue weighted by Crippen LogP contribution is 2.43. The number of anilines is 2. The van der Waals surface area contributed by atoms with Gasteiger partial charge in [0.1, 0.15) is 17.7 Å². The second-order valence-corrected chi connectivity index (χ2v) is 10.1. The van der Waals surface area contributed by atoms with Crippen molar-refractivity contribution in [3.8, 4) is 0 Å². The number of ether oxygens (including phenoxy) is 1. The monoisotopic (exact) mass is 406 g/mol. The first kappa shape index (κ1) is 18.1. The number of ketones is 1. The van der Waals surface area contributed by atoms with E-state index in [1.165, 1.54) is 11.0 Å². The summed E-state index contributed by atoms with van der Waals surface area (Å²) in [6.07, 6.45) is 2.11. The molecule has 4 fully saturated rings. The molecule has 28 heavy (non-hydrogen) atoms. The number of cyclic esters (lactones) is 1. The van der Waals surface area contributed by atoms with E-state index in [2.05, 4.69) is 0 Å². The minimum absolute atomic E-state index is 0.111. The van der Waals surface area contributed by atoms with Gasteiger partial charge in [0.25, 0.3) is 0 Å². The van der Waals surface area contributed by atoms with Gasteiger partial charge >= 0.3 is 6.09 Å². The van der Waals surface area contributed by atoms with E-state index < -0.39 is 16.9 Å². The van der Waals surface area contributed by atoms with Crippen LogP contribution in [0.4, 0.5) is 20.6 Å². The van der Waals surface area contributed by atoms with Gasteiger partial charge in [0.15, 0.2) is 0 Å². The number of hydrogen-bond acceptors (Lipinski definition) is 5. The van der Waals surface area contributed by atoms with Crippen LogP contribution >= 0.6 is 0 Å². The maximum absolute atomic E-state index is 14.7. The van der Waals surface area contributed by atoms with Gasteiger partial charge in [-0.05, 0) is 37.5 Å². The molecule has 3 aliphatic heterocycles. The summed E-state index contributed by atoms with van der Waals surface area (Å²) in [5.74, 6) is 1.54. The van der Waals surface area contributed by atoms with E-state index in [1.807, 2.05) is 4.90 Å². The molecule has 5 rings (SSSR count). The van der Waals surface area contributed by atoms with Gasteiger partial charge in [-0.3, -0.25) is 13.9 Å². The van der Waals surface area contributed by atoms with Crippen LogP contribution in [0.3, 0.4) is 0 Å². The molecule has 6 nitrogen and oxygen atoms in total. The van der Waals surface area contributed by atoms with Crippen LogP contribution in [0.1, 0.15) is 25.7 Å². The predicted molar refractivity (Wildman–Crippen MR) is 104 cm³/mol. The van der Waals surface area contributed by atoms with Gasteiger partial charge in [0, 0.05) is 53.1 Å². The van der Waals surface area contributed by atoms with Crippen molar-refractivity contribution in [1.82, 2.24) is 0 Å². The number of amides is 1. The van der Waals surface area contributed by atoms with Crippen LogP contribution in [0.5, 0.6) is 0 Å². The van der Waals surface area contributed by atoms with Gasteiger partial charge in [-0.15, -0.1) is 0 Å². The van der Waals surface area contributed by atoms with Crippen LogP contribution in [-0.4, -0.2) is 53.3 Å². The van der Waals surface area contributed by atoms with Crippen molar-refractivity contribution in [3.63, 3.8) is 0 Å². The highest BCUT2D eigenvalue weighted by Gasteiger charge is 2.52. The molecule has 1 aromatic carbocycles. The summed E-state index contributed by atoms with van der Waals surface area (Å²) in [6, 6.07) is 4.81. The Hall–Kier alpha value is -1.96. The first-order valence-electron chi connectivity index (χ1n) is 9.83. The second-order valence-electron chi connectivity index (χ2n) is 8.62. The molecule has 3 heterocycles. The maximum Gasteiger partial charge on any atom is 0.414 e. The molecule has 3 saturated heterocycles. The van der Waals surface area contributed by atoms with E-state index in [0.717, 1.165) is 25.9 Å². The first-order chi connectivity index (χ1) is 13.4. The molecular weight excluding hydrogens is 383 g/mol. The van der Waals surface area contributed by atoms with Crippen LogP contribution < -0.4 is 9.80 Å². The molecule has 1 aliphatic carbocycles. The van der Waals surface area contributed by atoms with Crippen molar-refractivity contribution >= 4 is 34.1 Å². The molecule has 0 bridgehead atoms. The lowest BCUT2D eigenvalue weighted by Gasteiger charge is -2.55. The summed E-state index contributed by atoms with van der Waals surface area (Å²) in [4.78, 5) is 27.4. The lowest BCUT2D eigenvalue weighted by molar-refractivity contribution is -0.120. The minimum atomic E-state index is -0.703. The van der Waals surface area contributed by atoms with Gasteiger partial charge in [0.05, 0.1) is 17.9 Å². The zero-order chi connectivity index (χ0) is 19.5. The molecule has 8 heteroatoms. The Morgan fingerprint density at radius 3 is 2.68 bits per heavy atom. The molecule has 1 spiro atoms. The van der Waals surface area contributed by atoms with Crippen LogP contribution in [0, 0.1) is 17.2 Å². The van der Waals surface area contributed by atoms with Gasteiger partial charge in [-0.2, -0.15) is 0 Å². The molecule has 150 valence electrons. The number of benzene rings is 1. The van der Waals surface area contributed by atoms with E-state index in [4.69, 9.17) is 4.74 Å². The largest absolute Gasteiger partial charge is 0.444 e. The number of Topliss-reactive ketones (excluding diaryl/α,β-unsaturated/α-hetero) is 1. The highest BCUT2D eigenvalue weighted by molar-refractivity contribution is 7.86. The summed E-state index contributed by atoms with van der Waals surface area (Å²) in [7, 11) is -0.703. The molecular formula is C20H23FN2O4S. The van der Waals surface area contributed by atoms with Crippen LogP contribution in [0.15, 0.2) is 18.2 Å². The lowest BCUT2D eigenvalue weighted by Crippen LogP contribution is -2.67. The molecule has 0 unspecified atom stereocenters. The Labute approximate surface area is 165 Å². The number of nitrogens with zero attached hydrogens (tertiary/aromatic N) is 2. The summed E-state index contributed by atoms with van der Waals surface area (Å²) < 4.78 is 31.4. The summed E-state index contributed by atoms with van der Waals surface area (Å²) in [6.45, 7) is 1.81. The van der Waals surface area contributed by atoms with Crippen LogP contribution in [0.2, 0.25) is 0 Å². The SMILES string of the molecule is O=C(CC[C@H]1CN(c2ccc(N3CC4(C3)CS(=O)C4)c(F)c2)C(=O)O1)C1CC1. The number of rotatable bonds is 6. The zero-order valence-corrected chi connectivity index (χ0v) is 16.4. The van der Waals surface area contributed by atoms with Crippen LogP contribution in [-0.2, 0) is 20.3 Å². The molecule has 0 radical (unpaired) electrons. The summed E-state index contributed by atoms with van der Waals surface area (Å²) in [5, 5.41) is 0. The lowest BCUT2D eigenvalue weighted by atomic mass is 9.82. The van der Waals surface area contributed by atoms with Gasteiger partial charge in [-0.1, -0.05) is 0 Å². The van der Waals surface area contributed by atoms with Gasteiger partial charge in [0.2, 0.25) is 0 Å². The molecule has 1 aromatic rings. The first-order valence-corrected chi connectivity index (χ1v) is 11.3. The van der Waals surface area contributed by atoms with Crippen molar-refractivity contribution in [2.24, 2.45) is 11.3 Å². The Morgan fingerprint density at radius 2 is 2.04 bits per heavy atom. The fraction of sp³-hybridized carbons (Fsp3) is 0.600. The van der Waals surface area contributed by atoms with E-state index in [0.29, 0.717) is 42.3 Å². The van der Waals surface area contributed by atoms with Crippen LogP contribution in [0.25, 0.3) is 0 Å². The normalized spacial score (nSPS) is 26.2. The van der Waals surface area contributed by atoms with E-state index in [9.17, 15) is 18.2 Å². The number of hydrogen-bond donors (Lipinski definition) is 0. The molecule has 1 saturated carbocycles. The van der Waals surface area contributed by atoms with Crippen molar-refractivity contribution in [3.05, 3.63) is 24.0 Å². The third-order valence-corrected chi connectivity index (χ3v) is 8.06. The van der Waals surface area contributed by atoms with E-state index in [1.54, 1.807) is 12.1 Å². The summed E-state index contributed by atoms with van der Waals surface area (Å²) in [5.41, 5.74) is 1.10. The Morgan fingerprint density at radius 1 is 1.29 bits per heavy atom. The second kappa shape index (κ2) is 6.54. The fourth-order valence-corrected chi connectivity index (χ4v) is 6.12. The Balaban J connectivity index is 1.20. The van der Waals surface area contributed by atoms with Crippen molar-refractivity contribution < 1.29 is 22.9 Å². The van der Waals surface area contributed by atoms with Crippen molar-refractivity contribution in [1.29, 1.82) is 0 Å². The minimum Gasteiger partial charge on any atom is -0.444 e. The summed E-state index contributed by atoms with van der Waals surface area (Å²) >= 11 is 0. The number of carbonyl (C=O) groups excluding carboxylic acids is 2. The number of carbonyl (C=O) groups is 2. The quantitative estimate of drug-likeness (QED) is 0.726. The molecule has 0 N–H and O–H groups in total. The fourth-order valence-electron chi connectivity index (χ4n) is 4.47. The maximum atomic E-state index is 14.7. The highest BCUT2D eigenvalue weighted by atomic mass is 32.2. The van der Waals surface area contributed by atoms with Crippen molar-refractivity contribution in [2.45, 2.75) is 31.8 Å². The average molecular weight is 406 g/mol. The van der Waals surface area contributed by atoms with Crippen molar-refractivity contribution in [2.75, 3.05) is 40.9 Å². The Kier molecular flexibility index (Phi) is 4.23. The predicted octanol–water partition coefficient (Wildman–Crippen LogP) is 2.48. The third kappa shape index (κ3) is 3.21. The van der Waals surface area contributed by atoms with Gasteiger partial charge < -0.3 is 9.64 Å². The Bertz CT molecular complexity index is 856. The topological polar surface area (TPSA) is 66.9 Å². The molecule has 4 aliphatic rings. The van der Waals surface area contributed by atoms with E-state index in [-0.39, 0.29) is 29.0 Å². The smallest absolute Gasteiger partial charge is 0.414 e. The molecule has 1 amide bonds.